The van der Waals surface area contributed by atoms with Crippen LogP contribution in [0, 0.1) is 12.8 Å². The molecule has 1 atom stereocenters. The lowest BCUT2D eigenvalue weighted by Gasteiger charge is -2.25. The number of likely N-dealkylation sites (tertiary alicyclic amines) is 1. The van der Waals surface area contributed by atoms with E-state index < -0.39 is 5.60 Å². The van der Waals surface area contributed by atoms with Crippen molar-refractivity contribution < 1.29 is 14.6 Å². The van der Waals surface area contributed by atoms with E-state index in [1.165, 1.54) is 11.3 Å². The van der Waals surface area contributed by atoms with Crippen molar-refractivity contribution in [3.8, 4) is 5.75 Å². The van der Waals surface area contributed by atoms with Crippen LogP contribution in [0.5, 0.6) is 5.75 Å². The van der Waals surface area contributed by atoms with E-state index in [1.807, 2.05) is 24.0 Å². The number of amides is 1. The first-order valence-corrected chi connectivity index (χ1v) is 11.3. The van der Waals surface area contributed by atoms with Crippen LogP contribution in [0.1, 0.15) is 55.1 Å². The third kappa shape index (κ3) is 5.71. The molecule has 29 heavy (non-hydrogen) atoms. The summed E-state index contributed by atoms with van der Waals surface area (Å²) in [5, 5.41) is 12.7. The number of benzene rings is 1. The standard InChI is InChI=1S/C22H29ClN2O3S/c1-15(2)13-20(26)25-11-4-9-22(27,10-12-25)21-24-16(3)19(29-21)14-28-18-7-5-17(23)6-8-18/h5-8,15,27H,4,9-14H2,1-3H3/t22-/m0/s1. The van der Waals surface area contributed by atoms with Crippen LogP contribution in [-0.2, 0) is 17.0 Å². The summed E-state index contributed by atoms with van der Waals surface area (Å²) < 4.78 is 5.85. The number of nitrogens with zero attached hydrogens (tertiary/aromatic N) is 2. The van der Waals surface area contributed by atoms with Gasteiger partial charge in [0.15, 0.2) is 0 Å². The summed E-state index contributed by atoms with van der Waals surface area (Å²) in [6.07, 6.45) is 2.46. The largest absolute Gasteiger partial charge is 0.488 e. The molecule has 2 aromatic rings. The van der Waals surface area contributed by atoms with Gasteiger partial charge >= 0.3 is 0 Å². The van der Waals surface area contributed by atoms with Crippen molar-refractivity contribution >= 4 is 28.8 Å². The number of hydrogen-bond acceptors (Lipinski definition) is 5. The second-order valence-electron chi connectivity index (χ2n) is 8.13. The predicted octanol–water partition coefficient (Wildman–Crippen LogP) is 4.93. The van der Waals surface area contributed by atoms with Gasteiger partial charge in [-0.25, -0.2) is 4.98 Å². The molecule has 1 aromatic carbocycles. The van der Waals surface area contributed by atoms with E-state index in [2.05, 4.69) is 18.8 Å². The Balaban J connectivity index is 1.66. The topological polar surface area (TPSA) is 62.7 Å². The van der Waals surface area contributed by atoms with E-state index in [0.29, 0.717) is 49.9 Å². The lowest BCUT2D eigenvalue weighted by atomic mass is 9.96. The first-order chi connectivity index (χ1) is 13.8. The molecule has 1 saturated heterocycles. The van der Waals surface area contributed by atoms with E-state index in [9.17, 15) is 9.90 Å². The van der Waals surface area contributed by atoms with Crippen LogP contribution in [0.3, 0.4) is 0 Å². The first kappa shape index (κ1) is 22.1. The number of carbonyl (C=O) groups is 1. The maximum absolute atomic E-state index is 12.4. The molecule has 0 radical (unpaired) electrons. The number of rotatable bonds is 6. The zero-order chi connectivity index (χ0) is 21.0. The SMILES string of the molecule is Cc1nc([C@]2(O)CCCN(C(=O)CC(C)C)CC2)sc1COc1ccc(Cl)cc1. The highest BCUT2D eigenvalue weighted by molar-refractivity contribution is 7.11. The highest BCUT2D eigenvalue weighted by Crippen LogP contribution is 2.37. The molecule has 0 aliphatic carbocycles. The normalized spacial score (nSPS) is 20.0. The van der Waals surface area contributed by atoms with Crippen LogP contribution in [0.4, 0.5) is 0 Å². The maximum atomic E-state index is 12.4. The van der Waals surface area contributed by atoms with Gasteiger partial charge in [-0.15, -0.1) is 11.3 Å². The maximum Gasteiger partial charge on any atom is 0.222 e. The lowest BCUT2D eigenvalue weighted by molar-refractivity contribution is -0.132. The van der Waals surface area contributed by atoms with Gasteiger partial charge in [-0.1, -0.05) is 25.4 Å². The van der Waals surface area contributed by atoms with Crippen LogP contribution in [0.2, 0.25) is 5.02 Å². The van der Waals surface area contributed by atoms with Crippen LogP contribution in [0.25, 0.3) is 0 Å². The van der Waals surface area contributed by atoms with Gasteiger partial charge in [0.1, 0.15) is 23.0 Å². The third-order valence-corrected chi connectivity index (χ3v) is 6.80. The number of halogens is 1. The minimum atomic E-state index is -0.985. The van der Waals surface area contributed by atoms with E-state index in [1.54, 1.807) is 12.1 Å². The molecule has 1 amide bonds. The highest BCUT2D eigenvalue weighted by atomic mass is 35.5. The van der Waals surface area contributed by atoms with Crippen molar-refractivity contribution in [2.24, 2.45) is 5.92 Å². The molecule has 1 N–H and O–H groups in total. The number of ether oxygens (including phenoxy) is 1. The molecule has 2 heterocycles. The molecular formula is C22H29ClN2O3S. The van der Waals surface area contributed by atoms with Crippen LogP contribution in [0.15, 0.2) is 24.3 Å². The van der Waals surface area contributed by atoms with Crippen molar-refractivity contribution in [1.82, 2.24) is 9.88 Å². The zero-order valence-electron chi connectivity index (χ0n) is 17.3. The Morgan fingerprint density at radius 2 is 2.03 bits per heavy atom. The van der Waals surface area contributed by atoms with Crippen molar-refractivity contribution in [3.05, 3.63) is 44.9 Å². The Hall–Kier alpha value is -1.63. The van der Waals surface area contributed by atoms with E-state index in [-0.39, 0.29) is 5.91 Å². The zero-order valence-corrected chi connectivity index (χ0v) is 18.9. The average Bonchev–Trinajstić information content (AvgIpc) is 2.92. The van der Waals surface area contributed by atoms with E-state index in [0.717, 1.165) is 27.7 Å². The fraction of sp³-hybridized carbons (Fsp3) is 0.545. The molecule has 0 unspecified atom stereocenters. The smallest absolute Gasteiger partial charge is 0.222 e. The Kier molecular flexibility index (Phi) is 7.19. The Morgan fingerprint density at radius 1 is 1.31 bits per heavy atom. The van der Waals surface area contributed by atoms with Gasteiger partial charge < -0.3 is 14.7 Å². The molecule has 158 valence electrons. The number of thiazole rings is 1. The molecule has 1 aliphatic heterocycles. The molecule has 1 fully saturated rings. The van der Waals surface area contributed by atoms with Gasteiger partial charge in [0.25, 0.3) is 0 Å². The van der Waals surface area contributed by atoms with E-state index >= 15 is 0 Å². The summed E-state index contributed by atoms with van der Waals surface area (Å²) in [4.78, 5) is 20.0. The molecule has 1 aromatic heterocycles. The minimum absolute atomic E-state index is 0.177. The Bertz CT molecular complexity index is 837. The molecule has 0 spiro atoms. The summed E-state index contributed by atoms with van der Waals surface area (Å²) >= 11 is 7.41. The number of aromatic nitrogens is 1. The van der Waals surface area contributed by atoms with Gasteiger partial charge in [0, 0.05) is 31.0 Å². The van der Waals surface area contributed by atoms with E-state index in [4.69, 9.17) is 16.3 Å². The van der Waals surface area contributed by atoms with Crippen molar-refractivity contribution in [2.45, 2.75) is 58.7 Å². The average molecular weight is 437 g/mol. The summed E-state index contributed by atoms with van der Waals surface area (Å²) in [7, 11) is 0. The number of aryl methyl sites for hydroxylation is 1. The fourth-order valence-corrected chi connectivity index (χ4v) is 4.75. The molecule has 1 aliphatic rings. The summed E-state index contributed by atoms with van der Waals surface area (Å²) in [5.74, 6) is 1.27. The van der Waals surface area contributed by atoms with Crippen LogP contribution >= 0.6 is 22.9 Å². The Morgan fingerprint density at radius 3 is 2.72 bits per heavy atom. The van der Waals surface area contributed by atoms with Gasteiger partial charge in [0.05, 0.1) is 10.6 Å². The highest BCUT2D eigenvalue weighted by Gasteiger charge is 2.36. The van der Waals surface area contributed by atoms with Crippen molar-refractivity contribution in [2.75, 3.05) is 13.1 Å². The number of hydrogen-bond donors (Lipinski definition) is 1. The minimum Gasteiger partial charge on any atom is -0.488 e. The predicted molar refractivity (Wildman–Crippen MR) is 116 cm³/mol. The molecule has 5 nitrogen and oxygen atoms in total. The van der Waals surface area contributed by atoms with Gasteiger partial charge in [-0.2, -0.15) is 0 Å². The van der Waals surface area contributed by atoms with Crippen LogP contribution < -0.4 is 4.74 Å². The lowest BCUT2D eigenvalue weighted by Crippen LogP contribution is -2.34. The molecule has 3 rings (SSSR count). The molecule has 0 bridgehead atoms. The summed E-state index contributed by atoms with van der Waals surface area (Å²) in [5.41, 5.74) is -0.106. The van der Waals surface area contributed by atoms with Gasteiger partial charge in [-0.05, 0) is 49.9 Å². The number of aliphatic hydroxyl groups is 1. The van der Waals surface area contributed by atoms with Gasteiger partial charge in [0.2, 0.25) is 5.91 Å². The van der Waals surface area contributed by atoms with Crippen LogP contribution in [-0.4, -0.2) is 34.0 Å². The molecular weight excluding hydrogens is 408 g/mol. The van der Waals surface area contributed by atoms with Crippen molar-refractivity contribution in [1.29, 1.82) is 0 Å². The second-order valence-corrected chi connectivity index (χ2v) is 9.65. The third-order valence-electron chi connectivity index (χ3n) is 5.22. The summed E-state index contributed by atoms with van der Waals surface area (Å²) in [6.45, 7) is 7.72. The van der Waals surface area contributed by atoms with Crippen molar-refractivity contribution in [3.63, 3.8) is 0 Å². The number of carbonyl (C=O) groups excluding carboxylic acids is 1. The quantitative estimate of drug-likeness (QED) is 0.697. The molecule has 7 heteroatoms. The fourth-order valence-electron chi connectivity index (χ4n) is 3.50. The summed E-state index contributed by atoms with van der Waals surface area (Å²) in [6, 6.07) is 7.26. The second kappa shape index (κ2) is 9.45. The first-order valence-electron chi connectivity index (χ1n) is 10.1. The van der Waals surface area contributed by atoms with Gasteiger partial charge in [-0.3, -0.25) is 4.79 Å². The molecule has 0 saturated carbocycles. The Labute approximate surface area is 181 Å². The monoisotopic (exact) mass is 436 g/mol.